The van der Waals surface area contributed by atoms with Crippen molar-refractivity contribution in [3.8, 4) is 5.75 Å². The predicted molar refractivity (Wildman–Crippen MR) is 106 cm³/mol. The average Bonchev–Trinajstić information content (AvgIpc) is 3.23. The summed E-state index contributed by atoms with van der Waals surface area (Å²) in [7, 11) is 0. The van der Waals surface area contributed by atoms with Crippen LogP contribution < -0.4 is 4.74 Å². The van der Waals surface area contributed by atoms with Crippen LogP contribution in [0.15, 0.2) is 53.1 Å². The number of carbonyl (C=O) groups excluding carboxylic acids is 1. The minimum atomic E-state index is -0.860. The zero-order valence-electron chi connectivity index (χ0n) is 16.7. The smallest absolute Gasteiger partial charge is 0.261 e. The van der Waals surface area contributed by atoms with Gasteiger partial charge in [-0.2, -0.15) is 0 Å². The van der Waals surface area contributed by atoms with E-state index in [1.54, 1.807) is 23.2 Å². The number of oxazole rings is 1. The van der Waals surface area contributed by atoms with Gasteiger partial charge in [-0.1, -0.05) is 12.1 Å². The molecule has 0 unspecified atom stereocenters. The first-order valence-corrected chi connectivity index (χ1v) is 10.1. The minimum Gasteiger partial charge on any atom is -0.481 e. The molecule has 1 aliphatic heterocycles. The Morgan fingerprint density at radius 3 is 2.65 bits per heavy atom. The van der Waals surface area contributed by atoms with Gasteiger partial charge in [0.05, 0.1) is 6.20 Å². The minimum absolute atomic E-state index is 0.180. The standard InChI is InChI=1S/C23H21F3N2O3/c24-16-6-4-15(5-7-16)11-18-13-27-23(31-18)20-3-1-2-10-28(20)22(29)14-30-21-9-8-17(25)12-19(21)26/h4-9,12-13,20H,1-3,10-11,14H2/t20-/m0/s1. The zero-order valence-corrected chi connectivity index (χ0v) is 16.7. The number of likely N-dealkylation sites (tertiary alicyclic amines) is 1. The highest BCUT2D eigenvalue weighted by Crippen LogP contribution is 2.31. The number of hydrogen-bond acceptors (Lipinski definition) is 4. The number of nitrogens with zero attached hydrogens (tertiary/aromatic N) is 2. The first-order chi connectivity index (χ1) is 15.0. The number of amides is 1. The second-order valence-corrected chi connectivity index (χ2v) is 7.43. The molecular weight excluding hydrogens is 409 g/mol. The molecule has 1 amide bonds. The molecule has 1 saturated heterocycles. The van der Waals surface area contributed by atoms with E-state index in [-0.39, 0.29) is 30.1 Å². The van der Waals surface area contributed by atoms with Crippen molar-refractivity contribution in [2.24, 2.45) is 0 Å². The van der Waals surface area contributed by atoms with E-state index >= 15 is 0 Å². The molecule has 3 aromatic rings. The van der Waals surface area contributed by atoms with Gasteiger partial charge in [0.15, 0.2) is 18.2 Å². The van der Waals surface area contributed by atoms with Gasteiger partial charge in [-0.25, -0.2) is 18.2 Å². The van der Waals surface area contributed by atoms with Crippen LogP contribution >= 0.6 is 0 Å². The van der Waals surface area contributed by atoms with Crippen molar-refractivity contribution in [3.05, 3.63) is 83.3 Å². The van der Waals surface area contributed by atoms with Crippen LogP contribution in [-0.2, 0) is 11.2 Å². The summed E-state index contributed by atoms with van der Waals surface area (Å²) < 4.78 is 51.0. The lowest BCUT2D eigenvalue weighted by molar-refractivity contribution is -0.137. The Morgan fingerprint density at radius 1 is 1.10 bits per heavy atom. The van der Waals surface area contributed by atoms with Gasteiger partial charge in [-0.3, -0.25) is 4.79 Å². The van der Waals surface area contributed by atoms with E-state index in [1.807, 2.05) is 0 Å². The molecule has 2 aromatic carbocycles. The van der Waals surface area contributed by atoms with E-state index < -0.39 is 11.6 Å². The van der Waals surface area contributed by atoms with Crippen LogP contribution in [0.2, 0.25) is 0 Å². The fraction of sp³-hybridized carbons (Fsp3) is 0.304. The molecule has 5 nitrogen and oxygen atoms in total. The summed E-state index contributed by atoms with van der Waals surface area (Å²) in [6.45, 7) is 0.136. The van der Waals surface area contributed by atoms with Crippen LogP contribution in [0.1, 0.15) is 42.5 Å². The molecule has 1 aromatic heterocycles. The van der Waals surface area contributed by atoms with Crippen LogP contribution in [0, 0.1) is 17.5 Å². The molecule has 0 radical (unpaired) electrons. The zero-order chi connectivity index (χ0) is 21.8. The largest absolute Gasteiger partial charge is 0.481 e. The van der Waals surface area contributed by atoms with Gasteiger partial charge >= 0.3 is 0 Å². The maximum absolute atomic E-state index is 13.8. The van der Waals surface area contributed by atoms with Crippen molar-refractivity contribution in [1.82, 2.24) is 9.88 Å². The fourth-order valence-corrected chi connectivity index (χ4v) is 3.66. The summed E-state index contributed by atoms with van der Waals surface area (Å²) in [5.74, 6) is -1.34. The third kappa shape index (κ3) is 5.07. The molecule has 162 valence electrons. The summed E-state index contributed by atoms with van der Waals surface area (Å²) in [6, 6.07) is 8.73. The van der Waals surface area contributed by atoms with Gasteiger partial charge in [0.25, 0.3) is 5.91 Å². The summed E-state index contributed by atoms with van der Waals surface area (Å²) in [5, 5.41) is 0. The molecule has 0 bridgehead atoms. The van der Waals surface area contributed by atoms with Gasteiger partial charge in [0, 0.05) is 19.0 Å². The molecule has 8 heteroatoms. The maximum atomic E-state index is 13.8. The van der Waals surface area contributed by atoms with Crippen molar-refractivity contribution >= 4 is 5.91 Å². The highest BCUT2D eigenvalue weighted by atomic mass is 19.1. The van der Waals surface area contributed by atoms with Crippen LogP contribution in [0.5, 0.6) is 5.75 Å². The Bertz CT molecular complexity index is 1050. The predicted octanol–water partition coefficient (Wildman–Crippen LogP) is 4.82. The second-order valence-electron chi connectivity index (χ2n) is 7.43. The van der Waals surface area contributed by atoms with E-state index in [1.165, 1.54) is 12.1 Å². The van der Waals surface area contributed by atoms with Crippen molar-refractivity contribution in [3.63, 3.8) is 0 Å². The quantitative estimate of drug-likeness (QED) is 0.563. The number of halogens is 3. The molecule has 0 spiro atoms. The molecule has 0 saturated carbocycles. The lowest BCUT2D eigenvalue weighted by Gasteiger charge is -2.33. The number of aromatic nitrogens is 1. The van der Waals surface area contributed by atoms with Gasteiger partial charge in [0.2, 0.25) is 5.89 Å². The highest BCUT2D eigenvalue weighted by molar-refractivity contribution is 5.78. The van der Waals surface area contributed by atoms with E-state index in [0.717, 1.165) is 30.5 Å². The number of carbonyl (C=O) groups is 1. The number of rotatable bonds is 6. The lowest BCUT2D eigenvalue weighted by Crippen LogP contribution is -2.41. The molecular formula is C23H21F3N2O3. The number of hydrogen-bond donors (Lipinski definition) is 0. The van der Waals surface area contributed by atoms with Crippen LogP contribution in [-0.4, -0.2) is 28.9 Å². The highest BCUT2D eigenvalue weighted by Gasteiger charge is 2.31. The van der Waals surface area contributed by atoms with Crippen molar-refractivity contribution in [2.75, 3.05) is 13.2 Å². The van der Waals surface area contributed by atoms with Gasteiger partial charge in [0.1, 0.15) is 23.4 Å². The molecule has 31 heavy (non-hydrogen) atoms. The van der Waals surface area contributed by atoms with Gasteiger partial charge in [-0.05, 0) is 49.1 Å². The Labute approximate surface area is 177 Å². The van der Waals surface area contributed by atoms with E-state index in [4.69, 9.17) is 9.15 Å². The molecule has 1 fully saturated rings. The monoisotopic (exact) mass is 430 g/mol. The first kappa shape index (κ1) is 21.0. The van der Waals surface area contributed by atoms with Crippen molar-refractivity contribution in [1.29, 1.82) is 0 Å². The molecule has 1 atom stereocenters. The third-order valence-corrected chi connectivity index (χ3v) is 5.22. The fourth-order valence-electron chi connectivity index (χ4n) is 3.66. The Hall–Kier alpha value is -3.29. The molecule has 4 rings (SSSR count). The number of benzene rings is 2. The van der Waals surface area contributed by atoms with Crippen LogP contribution in [0.4, 0.5) is 13.2 Å². The lowest BCUT2D eigenvalue weighted by atomic mass is 10.0. The van der Waals surface area contributed by atoms with Gasteiger partial charge in [-0.15, -0.1) is 0 Å². The first-order valence-electron chi connectivity index (χ1n) is 10.1. The molecule has 2 heterocycles. The Kier molecular flexibility index (Phi) is 6.25. The molecule has 1 aliphatic rings. The van der Waals surface area contributed by atoms with Gasteiger partial charge < -0.3 is 14.1 Å². The summed E-state index contributed by atoms with van der Waals surface area (Å²) in [6.07, 6.45) is 4.50. The normalized spacial score (nSPS) is 16.4. The van der Waals surface area contributed by atoms with E-state index in [9.17, 15) is 18.0 Å². The topological polar surface area (TPSA) is 55.6 Å². The third-order valence-electron chi connectivity index (χ3n) is 5.22. The Balaban J connectivity index is 1.42. The number of piperidine rings is 1. The summed E-state index contributed by atoms with van der Waals surface area (Å²) in [5.41, 5.74) is 0.885. The Morgan fingerprint density at radius 2 is 1.87 bits per heavy atom. The van der Waals surface area contributed by atoms with Crippen LogP contribution in [0.3, 0.4) is 0 Å². The van der Waals surface area contributed by atoms with E-state index in [0.29, 0.717) is 37.1 Å². The number of ether oxygens (including phenoxy) is 1. The maximum Gasteiger partial charge on any atom is 0.261 e. The molecule has 0 aliphatic carbocycles. The van der Waals surface area contributed by atoms with Crippen molar-refractivity contribution in [2.45, 2.75) is 31.7 Å². The average molecular weight is 430 g/mol. The summed E-state index contributed by atoms with van der Waals surface area (Å²) in [4.78, 5) is 18.7. The summed E-state index contributed by atoms with van der Waals surface area (Å²) >= 11 is 0. The van der Waals surface area contributed by atoms with Crippen LogP contribution in [0.25, 0.3) is 0 Å². The molecule has 0 N–H and O–H groups in total. The second kappa shape index (κ2) is 9.24. The van der Waals surface area contributed by atoms with Crippen molar-refractivity contribution < 1.29 is 27.1 Å². The SMILES string of the molecule is O=C(COc1ccc(F)cc1F)N1CCCC[C@H]1c1ncc(Cc2ccc(F)cc2)o1. The van der Waals surface area contributed by atoms with E-state index in [2.05, 4.69) is 4.98 Å².